The number of carbonyl (C=O) groups excluding carboxylic acids is 1. The first-order valence-electron chi connectivity index (χ1n) is 6.33. The third kappa shape index (κ3) is 5.47. The van der Waals surface area contributed by atoms with Gasteiger partial charge in [0.1, 0.15) is 0 Å². The van der Waals surface area contributed by atoms with Crippen molar-refractivity contribution >= 4 is 5.91 Å². The van der Waals surface area contributed by atoms with Crippen LogP contribution in [0.25, 0.3) is 0 Å². The van der Waals surface area contributed by atoms with Crippen LogP contribution in [0.5, 0.6) is 0 Å². The predicted octanol–water partition coefficient (Wildman–Crippen LogP) is 1.06. The van der Waals surface area contributed by atoms with Gasteiger partial charge in [0, 0.05) is 25.3 Å². The molecule has 16 heavy (non-hydrogen) atoms. The zero-order chi connectivity index (χ0) is 11.8. The first kappa shape index (κ1) is 13.5. The van der Waals surface area contributed by atoms with E-state index >= 15 is 0 Å². The molecule has 4 nitrogen and oxygen atoms in total. The van der Waals surface area contributed by atoms with Crippen molar-refractivity contribution in [3.05, 3.63) is 0 Å². The fourth-order valence-electron chi connectivity index (χ4n) is 1.92. The van der Waals surface area contributed by atoms with Crippen molar-refractivity contribution < 1.29 is 9.53 Å². The molecule has 1 aliphatic heterocycles. The molecule has 0 bridgehead atoms. The summed E-state index contributed by atoms with van der Waals surface area (Å²) in [7, 11) is 0. The van der Waals surface area contributed by atoms with E-state index in [1.54, 1.807) is 0 Å². The molecule has 94 valence electrons. The molecule has 0 saturated carbocycles. The van der Waals surface area contributed by atoms with Crippen molar-refractivity contribution in [3.63, 3.8) is 0 Å². The van der Waals surface area contributed by atoms with Crippen LogP contribution in [0.1, 0.15) is 39.5 Å². The molecule has 1 heterocycles. The molecule has 0 spiro atoms. The van der Waals surface area contributed by atoms with Gasteiger partial charge in [-0.3, -0.25) is 4.79 Å². The lowest BCUT2D eigenvalue weighted by molar-refractivity contribution is -0.121. The Balaban J connectivity index is 2.10. The molecule has 4 heteroatoms. The molecule has 0 aromatic carbocycles. The van der Waals surface area contributed by atoms with Gasteiger partial charge in [0.15, 0.2) is 0 Å². The molecular weight excluding hydrogens is 204 g/mol. The van der Waals surface area contributed by atoms with Crippen LogP contribution in [0.4, 0.5) is 0 Å². The number of hydrogen-bond acceptors (Lipinski definition) is 3. The first-order chi connectivity index (χ1) is 7.72. The van der Waals surface area contributed by atoms with Crippen molar-refractivity contribution in [3.8, 4) is 0 Å². The Kier molecular flexibility index (Phi) is 6.42. The maximum Gasteiger partial charge on any atom is 0.234 e. The summed E-state index contributed by atoms with van der Waals surface area (Å²) in [5, 5.41) is 6.26. The number of rotatable bonds is 6. The molecule has 1 unspecified atom stereocenters. The van der Waals surface area contributed by atoms with Gasteiger partial charge >= 0.3 is 0 Å². The van der Waals surface area contributed by atoms with Crippen molar-refractivity contribution in [2.24, 2.45) is 0 Å². The van der Waals surface area contributed by atoms with Gasteiger partial charge in [-0.15, -0.1) is 0 Å². The molecule has 1 fully saturated rings. The molecule has 0 radical (unpaired) electrons. The van der Waals surface area contributed by atoms with Crippen LogP contribution in [0.3, 0.4) is 0 Å². The Morgan fingerprint density at radius 2 is 2.12 bits per heavy atom. The summed E-state index contributed by atoms with van der Waals surface area (Å²) in [6.07, 6.45) is 4.15. The minimum Gasteiger partial charge on any atom is -0.381 e. The highest BCUT2D eigenvalue weighted by molar-refractivity contribution is 5.78. The SMILES string of the molecule is CCCC(C)NCC(=O)NC1CCOCC1. The zero-order valence-electron chi connectivity index (χ0n) is 10.4. The average molecular weight is 228 g/mol. The number of hydrogen-bond donors (Lipinski definition) is 2. The lowest BCUT2D eigenvalue weighted by atomic mass is 10.1. The molecule has 1 aliphatic rings. The highest BCUT2D eigenvalue weighted by Gasteiger charge is 2.15. The summed E-state index contributed by atoms with van der Waals surface area (Å²) in [5.74, 6) is 0.106. The Labute approximate surface area is 98.1 Å². The van der Waals surface area contributed by atoms with E-state index < -0.39 is 0 Å². The van der Waals surface area contributed by atoms with Crippen LogP contribution >= 0.6 is 0 Å². The zero-order valence-corrected chi connectivity index (χ0v) is 10.4. The maximum absolute atomic E-state index is 11.6. The molecule has 2 N–H and O–H groups in total. The van der Waals surface area contributed by atoms with Crippen molar-refractivity contribution in [2.45, 2.75) is 51.6 Å². The van der Waals surface area contributed by atoms with Gasteiger partial charge in [0.05, 0.1) is 6.54 Å². The third-order valence-electron chi connectivity index (χ3n) is 2.92. The lowest BCUT2D eigenvalue weighted by Crippen LogP contribution is -2.44. The summed E-state index contributed by atoms with van der Waals surface area (Å²) < 4.78 is 5.24. The lowest BCUT2D eigenvalue weighted by Gasteiger charge is -2.23. The summed E-state index contributed by atoms with van der Waals surface area (Å²) >= 11 is 0. The first-order valence-corrected chi connectivity index (χ1v) is 6.33. The third-order valence-corrected chi connectivity index (χ3v) is 2.92. The summed E-state index contributed by atoms with van der Waals surface area (Å²) in [6, 6.07) is 0.731. The normalized spacial score (nSPS) is 19.4. The Morgan fingerprint density at radius 3 is 2.75 bits per heavy atom. The van der Waals surface area contributed by atoms with Gasteiger partial charge in [-0.05, 0) is 26.2 Å². The molecule has 1 rings (SSSR count). The van der Waals surface area contributed by atoms with Gasteiger partial charge in [-0.2, -0.15) is 0 Å². The number of nitrogens with one attached hydrogen (secondary N) is 2. The smallest absolute Gasteiger partial charge is 0.234 e. The largest absolute Gasteiger partial charge is 0.381 e. The Bertz CT molecular complexity index is 203. The number of amides is 1. The highest BCUT2D eigenvalue weighted by atomic mass is 16.5. The van der Waals surface area contributed by atoms with Gasteiger partial charge in [-0.1, -0.05) is 13.3 Å². The Hall–Kier alpha value is -0.610. The summed E-state index contributed by atoms with van der Waals surface area (Å²) in [5.41, 5.74) is 0. The molecular formula is C12H24N2O2. The second kappa shape index (κ2) is 7.63. The van der Waals surface area contributed by atoms with Crippen LogP contribution in [-0.4, -0.2) is 37.7 Å². The molecule has 0 aromatic rings. The van der Waals surface area contributed by atoms with E-state index in [0.717, 1.165) is 38.9 Å². The molecule has 1 saturated heterocycles. The van der Waals surface area contributed by atoms with E-state index in [4.69, 9.17) is 4.74 Å². The second-order valence-electron chi connectivity index (χ2n) is 4.52. The average Bonchev–Trinajstić information content (AvgIpc) is 2.28. The van der Waals surface area contributed by atoms with Crippen molar-refractivity contribution in [1.29, 1.82) is 0 Å². The predicted molar refractivity (Wildman–Crippen MR) is 64.4 cm³/mol. The van der Waals surface area contributed by atoms with E-state index in [1.165, 1.54) is 0 Å². The van der Waals surface area contributed by atoms with E-state index in [-0.39, 0.29) is 5.91 Å². The standard InChI is InChI=1S/C12H24N2O2/c1-3-4-10(2)13-9-12(15)14-11-5-7-16-8-6-11/h10-11,13H,3-9H2,1-2H3,(H,14,15). The van der Waals surface area contributed by atoms with Gasteiger partial charge < -0.3 is 15.4 Å². The van der Waals surface area contributed by atoms with Crippen LogP contribution in [-0.2, 0) is 9.53 Å². The second-order valence-corrected chi connectivity index (χ2v) is 4.52. The summed E-state index contributed by atoms with van der Waals surface area (Å²) in [4.78, 5) is 11.6. The van der Waals surface area contributed by atoms with Crippen molar-refractivity contribution in [2.75, 3.05) is 19.8 Å². The topological polar surface area (TPSA) is 50.4 Å². The number of ether oxygens (including phenoxy) is 1. The fourth-order valence-corrected chi connectivity index (χ4v) is 1.92. The van der Waals surface area contributed by atoms with Crippen LogP contribution in [0, 0.1) is 0 Å². The van der Waals surface area contributed by atoms with Crippen LogP contribution in [0.2, 0.25) is 0 Å². The minimum atomic E-state index is 0.106. The minimum absolute atomic E-state index is 0.106. The maximum atomic E-state index is 11.6. The molecule has 1 atom stereocenters. The fraction of sp³-hybridized carbons (Fsp3) is 0.917. The monoisotopic (exact) mass is 228 g/mol. The van der Waals surface area contributed by atoms with Crippen LogP contribution < -0.4 is 10.6 Å². The van der Waals surface area contributed by atoms with E-state index in [2.05, 4.69) is 24.5 Å². The number of carbonyl (C=O) groups is 1. The van der Waals surface area contributed by atoms with Gasteiger partial charge in [0.2, 0.25) is 5.91 Å². The highest BCUT2D eigenvalue weighted by Crippen LogP contribution is 2.05. The van der Waals surface area contributed by atoms with Gasteiger partial charge in [-0.25, -0.2) is 0 Å². The van der Waals surface area contributed by atoms with Crippen LogP contribution in [0.15, 0.2) is 0 Å². The van der Waals surface area contributed by atoms with E-state index in [9.17, 15) is 4.79 Å². The molecule has 1 amide bonds. The molecule has 0 aliphatic carbocycles. The van der Waals surface area contributed by atoms with Crippen molar-refractivity contribution in [1.82, 2.24) is 10.6 Å². The molecule has 0 aromatic heterocycles. The Morgan fingerprint density at radius 1 is 1.44 bits per heavy atom. The van der Waals surface area contributed by atoms with E-state index in [0.29, 0.717) is 18.6 Å². The quantitative estimate of drug-likeness (QED) is 0.714. The summed E-state index contributed by atoms with van der Waals surface area (Å²) in [6.45, 7) is 6.24. The van der Waals surface area contributed by atoms with E-state index in [1.807, 2.05) is 0 Å². The van der Waals surface area contributed by atoms with Gasteiger partial charge in [0.25, 0.3) is 0 Å².